The number of rotatable bonds is 1. The third kappa shape index (κ3) is 1.22. The Bertz CT molecular complexity index is 519. The molecule has 0 atom stereocenters. The number of aryl methyl sites for hydroxylation is 1. The molecule has 2 aromatic rings. The minimum absolute atomic E-state index is 0.336. The van der Waals surface area contributed by atoms with Crippen molar-refractivity contribution in [1.82, 2.24) is 9.61 Å². The summed E-state index contributed by atoms with van der Waals surface area (Å²) in [6.07, 6.45) is 1.06. The lowest BCUT2D eigenvalue weighted by Crippen LogP contribution is -2.02. The number of fused-ring (bicyclic) bond motifs is 1. The number of carbonyl (C=O) groups is 1. The topological polar surface area (TPSA) is 54.6 Å². The third-order valence-electron chi connectivity index (χ3n) is 1.90. The van der Waals surface area contributed by atoms with Crippen LogP contribution in [0.15, 0.2) is 18.3 Å². The van der Waals surface area contributed by atoms with Crippen molar-refractivity contribution >= 4 is 11.5 Å². The van der Waals surface area contributed by atoms with Gasteiger partial charge in [-0.25, -0.2) is 13.7 Å². The first-order valence-corrected chi connectivity index (χ1v) is 3.97. The molecule has 72 valence electrons. The van der Waals surface area contributed by atoms with Gasteiger partial charge in [0.2, 0.25) is 0 Å². The maximum absolute atomic E-state index is 13.1. The van der Waals surface area contributed by atoms with Crippen molar-refractivity contribution in [1.29, 1.82) is 0 Å². The Morgan fingerprint density at radius 1 is 1.57 bits per heavy atom. The van der Waals surface area contributed by atoms with Crippen molar-refractivity contribution < 1.29 is 14.3 Å². The SMILES string of the molecule is Cc1cc2cc(C(=O)O)c(F)cn2n1. The molecule has 0 radical (unpaired) electrons. The predicted molar refractivity (Wildman–Crippen MR) is 46.8 cm³/mol. The highest BCUT2D eigenvalue weighted by atomic mass is 19.1. The molecule has 1 N–H and O–H groups in total. The van der Waals surface area contributed by atoms with Crippen LogP contribution in [0.2, 0.25) is 0 Å². The van der Waals surface area contributed by atoms with Gasteiger partial charge in [-0.1, -0.05) is 0 Å². The molecule has 0 amide bonds. The molecule has 0 aliphatic rings. The highest BCUT2D eigenvalue weighted by Gasteiger charge is 2.12. The zero-order valence-corrected chi connectivity index (χ0v) is 7.36. The van der Waals surface area contributed by atoms with E-state index < -0.39 is 11.8 Å². The average molecular weight is 194 g/mol. The van der Waals surface area contributed by atoms with Crippen molar-refractivity contribution in [3.8, 4) is 0 Å². The Kier molecular flexibility index (Phi) is 1.73. The number of aromatic carboxylic acids is 1. The lowest BCUT2D eigenvalue weighted by Gasteiger charge is -1.98. The zero-order valence-electron chi connectivity index (χ0n) is 7.36. The van der Waals surface area contributed by atoms with E-state index in [4.69, 9.17) is 5.11 Å². The maximum atomic E-state index is 13.1. The van der Waals surface area contributed by atoms with Gasteiger partial charge in [-0.15, -0.1) is 0 Å². The Morgan fingerprint density at radius 2 is 2.29 bits per heavy atom. The molecule has 0 spiro atoms. The molecule has 14 heavy (non-hydrogen) atoms. The van der Waals surface area contributed by atoms with Gasteiger partial charge in [0.15, 0.2) is 5.82 Å². The first-order valence-electron chi connectivity index (χ1n) is 3.97. The molecule has 0 fully saturated rings. The molecular formula is C9H7FN2O2. The van der Waals surface area contributed by atoms with Crippen molar-refractivity contribution in [2.45, 2.75) is 6.92 Å². The molecule has 5 heteroatoms. The first-order chi connectivity index (χ1) is 6.58. The van der Waals surface area contributed by atoms with Crippen molar-refractivity contribution in [3.63, 3.8) is 0 Å². The molecule has 2 rings (SSSR count). The second kappa shape index (κ2) is 2.80. The van der Waals surface area contributed by atoms with Gasteiger partial charge in [0, 0.05) is 0 Å². The van der Waals surface area contributed by atoms with Gasteiger partial charge in [-0.2, -0.15) is 5.10 Å². The van der Waals surface area contributed by atoms with Crippen LogP contribution in [0, 0.1) is 12.7 Å². The standard InChI is InChI=1S/C9H7FN2O2/c1-5-2-6-3-7(9(13)14)8(10)4-12(6)11-5/h2-4H,1H3,(H,13,14). The van der Waals surface area contributed by atoms with Gasteiger partial charge in [-0.3, -0.25) is 0 Å². The van der Waals surface area contributed by atoms with E-state index in [2.05, 4.69) is 5.10 Å². The van der Waals surface area contributed by atoms with Crippen molar-refractivity contribution in [2.75, 3.05) is 0 Å². The molecule has 4 nitrogen and oxygen atoms in total. The summed E-state index contributed by atoms with van der Waals surface area (Å²) in [5, 5.41) is 12.6. The quantitative estimate of drug-likeness (QED) is 0.748. The molecule has 2 aromatic heterocycles. The minimum Gasteiger partial charge on any atom is -0.478 e. The molecule has 2 heterocycles. The van der Waals surface area contributed by atoms with Crippen molar-refractivity contribution in [3.05, 3.63) is 35.4 Å². The summed E-state index contributed by atoms with van der Waals surface area (Å²) >= 11 is 0. The van der Waals surface area contributed by atoms with Crippen LogP contribution in [0.3, 0.4) is 0 Å². The normalized spacial score (nSPS) is 10.7. The molecule has 0 aliphatic heterocycles. The summed E-state index contributed by atoms with van der Waals surface area (Å²) < 4.78 is 14.5. The van der Waals surface area contributed by atoms with Gasteiger partial charge in [-0.05, 0) is 19.1 Å². The van der Waals surface area contributed by atoms with E-state index in [0.29, 0.717) is 11.2 Å². The summed E-state index contributed by atoms with van der Waals surface area (Å²) in [6, 6.07) is 2.95. The van der Waals surface area contributed by atoms with Crippen LogP contribution in [0.5, 0.6) is 0 Å². The van der Waals surface area contributed by atoms with E-state index in [1.807, 2.05) is 0 Å². The summed E-state index contributed by atoms with van der Waals surface area (Å²) in [4.78, 5) is 10.6. The Labute approximate surface area is 78.6 Å². The maximum Gasteiger partial charge on any atom is 0.338 e. The van der Waals surface area contributed by atoms with Gasteiger partial charge >= 0.3 is 5.97 Å². The van der Waals surface area contributed by atoms with Gasteiger partial charge in [0.05, 0.1) is 23.0 Å². The second-order valence-electron chi connectivity index (χ2n) is 3.00. The van der Waals surface area contributed by atoms with E-state index in [1.54, 1.807) is 13.0 Å². The number of carboxylic acid groups (broad SMARTS) is 1. The van der Waals surface area contributed by atoms with Gasteiger partial charge in [0.1, 0.15) is 0 Å². The summed E-state index contributed by atoms with van der Waals surface area (Å²) in [5.74, 6) is -2.06. The average Bonchev–Trinajstić information content (AvgIpc) is 2.42. The monoisotopic (exact) mass is 194 g/mol. The number of carboxylic acids is 1. The number of nitrogens with zero attached hydrogens (tertiary/aromatic N) is 2. The fraction of sp³-hybridized carbons (Fsp3) is 0.111. The number of hydrogen-bond donors (Lipinski definition) is 1. The second-order valence-corrected chi connectivity index (χ2v) is 3.00. The van der Waals surface area contributed by atoms with Crippen LogP contribution in [-0.2, 0) is 0 Å². The van der Waals surface area contributed by atoms with Crippen LogP contribution >= 0.6 is 0 Å². The van der Waals surface area contributed by atoms with E-state index >= 15 is 0 Å². The predicted octanol–water partition coefficient (Wildman–Crippen LogP) is 1.48. The summed E-state index contributed by atoms with van der Waals surface area (Å²) in [6.45, 7) is 1.76. The highest BCUT2D eigenvalue weighted by Crippen LogP contribution is 2.12. The largest absolute Gasteiger partial charge is 0.478 e. The van der Waals surface area contributed by atoms with Crippen LogP contribution in [0.4, 0.5) is 4.39 Å². The van der Waals surface area contributed by atoms with Crippen LogP contribution < -0.4 is 0 Å². The third-order valence-corrected chi connectivity index (χ3v) is 1.90. The van der Waals surface area contributed by atoms with Gasteiger partial charge in [0.25, 0.3) is 0 Å². The van der Waals surface area contributed by atoms with Crippen LogP contribution in [-0.4, -0.2) is 20.7 Å². The molecule has 0 saturated carbocycles. The van der Waals surface area contributed by atoms with E-state index in [-0.39, 0.29) is 5.56 Å². The van der Waals surface area contributed by atoms with Crippen molar-refractivity contribution in [2.24, 2.45) is 0 Å². The molecule has 0 aliphatic carbocycles. The molecular weight excluding hydrogens is 187 g/mol. The molecule has 0 saturated heterocycles. The number of hydrogen-bond acceptors (Lipinski definition) is 2. The minimum atomic E-state index is -1.27. The molecule has 0 bridgehead atoms. The van der Waals surface area contributed by atoms with Crippen LogP contribution in [0.1, 0.15) is 16.1 Å². The lowest BCUT2D eigenvalue weighted by molar-refractivity contribution is 0.0692. The van der Waals surface area contributed by atoms with Gasteiger partial charge < -0.3 is 5.11 Å². The number of aromatic nitrogens is 2. The smallest absolute Gasteiger partial charge is 0.338 e. The number of halogens is 1. The summed E-state index contributed by atoms with van der Waals surface area (Å²) in [5.41, 5.74) is 0.950. The fourth-order valence-corrected chi connectivity index (χ4v) is 1.31. The molecule has 0 aromatic carbocycles. The van der Waals surface area contributed by atoms with Crippen LogP contribution in [0.25, 0.3) is 5.52 Å². The Hall–Kier alpha value is -1.91. The fourth-order valence-electron chi connectivity index (χ4n) is 1.31. The lowest BCUT2D eigenvalue weighted by atomic mass is 10.2. The van der Waals surface area contributed by atoms with E-state index in [9.17, 15) is 9.18 Å². The summed E-state index contributed by atoms with van der Waals surface area (Å²) in [7, 11) is 0. The zero-order chi connectivity index (χ0) is 10.3. The Balaban J connectivity index is 2.76. The molecule has 0 unspecified atom stereocenters. The van der Waals surface area contributed by atoms with E-state index in [0.717, 1.165) is 6.20 Å². The Morgan fingerprint density at radius 3 is 2.93 bits per heavy atom. The first kappa shape index (κ1) is 8.68. The van der Waals surface area contributed by atoms with E-state index in [1.165, 1.54) is 10.6 Å². The number of pyridine rings is 1. The highest BCUT2D eigenvalue weighted by molar-refractivity contribution is 5.89.